The fourth-order valence-corrected chi connectivity index (χ4v) is 4.30. The van der Waals surface area contributed by atoms with E-state index in [4.69, 9.17) is 4.74 Å². The molecular formula is C15H20N2O5S2. The second-order valence-corrected chi connectivity index (χ2v) is 8.91. The van der Waals surface area contributed by atoms with Crippen LogP contribution in [-0.4, -0.2) is 74.8 Å². The van der Waals surface area contributed by atoms with Gasteiger partial charge in [0.2, 0.25) is 10.0 Å². The van der Waals surface area contributed by atoms with Crippen LogP contribution < -0.4 is 0 Å². The summed E-state index contributed by atoms with van der Waals surface area (Å²) >= 11 is 1.47. The van der Waals surface area contributed by atoms with E-state index in [9.17, 15) is 18.0 Å². The first-order valence-corrected chi connectivity index (χ1v) is 9.77. The number of hydrogen-bond acceptors (Lipinski definition) is 6. The van der Waals surface area contributed by atoms with Crippen LogP contribution in [0, 0.1) is 0 Å². The summed E-state index contributed by atoms with van der Waals surface area (Å²) in [4.78, 5) is 25.9. The lowest BCUT2D eigenvalue weighted by Gasteiger charge is -2.31. The predicted octanol–water partition coefficient (Wildman–Crippen LogP) is 0.668. The summed E-state index contributed by atoms with van der Waals surface area (Å²) < 4.78 is 29.9. The zero-order chi connectivity index (χ0) is 17.9. The highest BCUT2D eigenvalue weighted by molar-refractivity contribution is 8.00. The van der Waals surface area contributed by atoms with E-state index in [1.807, 2.05) is 0 Å². The largest absolute Gasteiger partial charge is 0.468 e. The van der Waals surface area contributed by atoms with E-state index >= 15 is 0 Å². The van der Waals surface area contributed by atoms with Gasteiger partial charge in [-0.1, -0.05) is 0 Å². The molecule has 24 heavy (non-hydrogen) atoms. The third-order valence-electron chi connectivity index (χ3n) is 3.70. The lowest BCUT2D eigenvalue weighted by Crippen LogP contribution is -2.44. The van der Waals surface area contributed by atoms with Crippen molar-refractivity contribution in [3.8, 4) is 0 Å². The third kappa shape index (κ3) is 3.90. The van der Waals surface area contributed by atoms with Crippen LogP contribution in [-0.2, 0) is 19.6 Å². The first-order valence-electron chi connectivity index (χ1n) is 7.28. The van der Waals surface area contributed by atoms with Gasteiger partial charge in [-0.3, -0.25) is 9.59 Å². The number of amides is 1. The van der Waals surface area contributed by atoms with Crippen molar-refractivity contribution in [3.63, 3.8) is 0 Å². The highest BCUT2D eigenvalue weighted by Gasteiger charge is 2.30. The van der Waals surface area contributed by atoms with Crippen LogP contribution in [0.2, 0.25) is 0 Å². The minimum atomic E-state index is -3.52. The molecule has 0 unspecified atom stereocenters. The molecule has 1 amide bonds. The molecule has 0 N–H and O–H groups in total. The van der Waals surface area contributed by atoms with Crippen LogP contribution in [0.3, 0.4) is 0 Å². The SMILES string of the molecule is COC(=O)[C@@H]1CN(C(=O)c2ccc(S(=O)(=O)N(C)C)cc2)CCS1. The Bertz CT molecular complexity index is 716. The number of ether oxygens (including phenoxy) is 1. The smallest absolute Gasteiger partial charge is 0.320 e. The predicted molar refractivity (Wildman–Crippen MR) is 91.5 cm³/mol. The van der Waals surface area contributed by atoms with Crippen molar-refractivity contribution < 1.29 is 22.7 Å². The monoisotopic (exact) mass is 372 g/mol. The Morgan fingerprint density at radius 1 is 1.25 bits per heavy atom. The maximum absolute atomic E-state index is 12.6. The Balaban J connectivity index is 2.14. The average Bonchev–Trinajstić information content (AvgIpc) is 2.60. The first kappa shape index (κ1) is 18.8. The molecule has 0 bridgehead atoms. The van der Waals surface area contributed by atoms with Gasteiger partial charge in [-0.25, -0.2) is 12.7 Å². The van der Waals surface area contributed by atoms with Crippen molar-refractivity contribution in [1.82, 2.24) is 9.21 Å². The third-order valence-corrected chi connectivity index (χ3v) is 6.69. The molecule has 2 rings (SSSR count). The van der Waals surface area contributed by atoms with Gasteiger partial charge in [0.05, 0.1) is 12.0 Å². The Labute approximate surface area is 146 Å². The molecule has 7 nitrogen and oxygen atoms in total. The maximum atomic E-state index is 12.6. The van der Waals surface area contributed by atoms with Crippen molar-refractivity contribution in [2.24, 2.45) is 0 Å². The highest BCUT2D eigenvalue weighted by Crippen LogP contribution is 2.22. The summed E-state index contributed by atoms with van der Waals surface area (Å²) in [5.41, 5.74) is 0.392. The number of carbonyl (C=O) groups is 2. The van der Waals surface area contributed by atoms with Crippen molar-refractivity contribution in [2.75, 3.05) is 40.0 Å². The van der Waals surface area contributed by atoms with Crippen molar-refractivity contribution in [1.29, 1.82) is 0 Å². The maximum Gasteiger partial charge on any atom is 0.320 e. The van der Waals surface area contributed by atoms with E-state index in [2.05, 4.69) is 0 Å². The summed E-state index contributed by atoms with van der Waals surface area (Å²) in [5.74, 6) is 0.0847. The number of nitrogens with zero attached hydrogens (tertiary/aromatic N) is 2. The van der Waals surface area contributed by atoms with Gasteiger partial charge in [0.25, 0.3) is 5.91 Å². The molecule has 1 atom stereocenters. The molecular weight excluding hydrogens is 352 g/mol. The molecule has 0 spiro atoms. The molecule has 1 aliphatic rings. The van der Waals surface area contributed by atoms with Gasteiger partial charge >= 0.3 is 5.97 Å². The molecule has 1 fully saturated rings. The molecule has 1 aromatic rings. The quantitative estimate of drug-likeness (QED) is 0.722. The van der Waals surface area contributed by atoms with Gasteiger partial charge < -0.3 is 9.64 Å². The minimum Gasteiger partial charge on any atom is -0.468 e. The summed E-state index contributed by atoms with van der Waals surface area (Å²) in [5, 5.41) is -0.388. The number of benzene rings is 1. The molecule has 0 radical (unpaired) electrons. The fourth-order valence-electron chi connectivity index (χ4n) is 2.27. The molecule has 0 aromatic heterocycles. The summed E-state index contributed by atoms with van der Waals surface area (Å²) in [6, 6.07) is 5.82. The van der Waals surface area contributed by atoms with E-state index < -0.39 is 10.0 Å². The Morgan fingerprint density at radius 2 is 1.88 bits per heavy atom. The van der Waals surface area contributed by atoms with Crippen molar-refractivity contribution in [3.05, 3.63) is 29.8 Å². The van der Waals surface area contributed by atoms with E-state index in [1.165, 1.54) is 57.2 Å². The van der Waals surface area contributed by atoms with Gasteiger partial charge in [0.15, 0.2) is 0 Å². The zero-order valence-corrected chi connectivity index (χ0v) is 15.4. The van der Waals surface area contributed by atoms with Crippen LogP contribution in [0.15, 0.2) is 29.2 Å². The van der Waals surface area contributed by atoms with Crippen LogP contribution in [0.1, 0.15) is 10.4 Å². The number of carbonyl (C=O) groups excluding carboxylic acids is 2. The number of hydrogen-bond donors (Lipinski definition) is 0. The van der Waals surface area contributed by atoms with Gasteiger partial charge in [-0.15, -0.1) is 11.8 Å². The van der Waals surface area contributed by atoms with Crippen molar-refractivity contribution >= 4 is 33.7 Å². The second kappa shape index (κ2) is 7.54. The van der Waals surface area contributed by atoms with Crippen LogP contribution in [0.25, 0.3) is 0 Å². The molecule has 1 heterocycles. The molecule has 9 heteroatoms. The number of methoxy groups -OCH3 is 1. The topological polar surface area (TPSA) is 84.0 Å². The Kier molecular flexibility index (Phi) is 5.89. The van der Waals surface area contributed by atoms with Crippen LogP contribution in [0.5, 0.6) is 0 Å². The standard InChI is InChI=1S/C15H20N2O5S2/c1-16(2)24(20,21)12-6-4-11(5-7-12)14(18)17-8-9-23-13(10-17)15(19)22-3/h4-7,13H,8-10H2,1-3H3/t13-/m0/s1. The fraction of sp³-hybridized carbons (Fsp3) is 0.467. The lowest BCUT2D eigenvalue weighted by atomic mass is 10.2. The van der Waals surface area contributed by atoms with E-state index in [-0.39, 0.29) is 28.6 Å². The average molecular weight is 372 g/mol. The zero-order valence-electron chi connectivity index (χ0n) is 13.8. The van der Waals surface area contributed by atoms with Crippen LogP contribution in [0.4, 0.5) is 0 Å². The minimum absolute atomic E-state index is 0.130. The number of rotatable bonds is 4. The molecule has 1 aromatic carbocycles. The van der Waals surface area contributed by atoms with E-state index in [0.717, 1.165) is 4.31 Å². The number of thioether (sulfide) groups is 1. The normalized spacial score (nSPS) is 18.5. The van der Waals surface area contributed by atoms with Gasteiger partial charge in [0.1, 0.15) is 5.25 Å². The van der Waals surface area contributed by atoms with E-state index in [1.54, 1.807) is 4.90 Å². The number of sulfonamides is 1. The van der Waals surface area contributed by atoms with Gasteiger partial charge in [-0.2, -0.15) is 0 Å². The second-order valence-electron chi connectivity index (χ2n) is 5.45. The van der Waals surface area contributed by atoms with Gasteiger partial charge in [0, 0.05) is 38.5 Å². The van der Waals surface area contributed by atoms with Crippen molar-refractivity contribution in [2.45, 2.75) is 10.1 Å². The van der Waals surface area contributed by atoms with Crippen LogP contribution >= 0.6 is 11.8 Å². The Hall–Kier alpha value is -1.58. The highest BCUT2D eigenvalue weighted by atomic mass is 32.2. The Morgan fingerprint density at radius 3 is 2.42 bits per heavy atom. The number of esters is 1. The molecule has 1 aliphatic heterocycles. The summed E-state index contributed by atoms with van der Waals surface area (Å²) in [6.07, 6.45) is 0. The molecule has 0 aliphatic carbocycles. The lowest BCUT2D eigenvalue weighted by molar-refractivity contribution is -0.140. The van der Waals surface area contributed by atoms with Gasteiger partial charge in [-0.05, 0) is 24.3 Å². The molecule has 0 saturated carbocycles. The summed E-state index contributed by atoms with van der Waals surface area (Å²) in [7, 11) is 0.706. The summed E-state index contributed by atoms with van der Waals surface area (Å²) in [6.45, 7) is 0.822. The van der Waals surface area contributed by atoms with E-state index in [0.29, 0.717) is 17.9 Å². The molecule has 1 saturated heterocycles. The first-order chi connectivity index (χ1) is 11.3. The molecule has 132 valence electrons.